The predicted octanol–water partition coefficient (Wildman–Crippen LogP) is 3.11. The van der Waals surface area contributed by atoms with Crippen LogP contribution in [-0.4, -0.2) is 18.2 Å². The van der Waals surface area contributed by atoms with Crippen molar-refractivity contribution in [1.29, 1.82) is 0 Å². The minimum absolute atomic E-state index is 0.415. The zero-order chi connectivity index (χ0) is 11.2. The van der Waals surface area contributed by atoms with Crippen molar-refractivity contribution in [3.8, 4) is 0 Å². The van der Waals surface area contributed by atoms with Crippen LogP contribution in [-0.2, 0) is 4.79 Å². The predicted molar refractivity (Wildman–Crippen MR) is 52.0 cm³/mol. The van der Waals surface area contributed by atoms with Crippen LogP contribution >= 0.6 is 11.8 Å². The van der Waals surface area contributed by atoms with E-state index in [4.69, 9.17) is 0 Å². The number of rotatable bonds is 4. The second-order valence-corrected chi connectivity index (χ2v) is 2.97. The lowest BCUT2D eigenvalue weighted by molar-refractivity contribution is -0.166. The number of ketones is 1. The van der Waals surface area contributed by atoms with Crippen molar-refractivity contribution in [2.45, 2.75) is 6.18 Å². The summed E-state index contributed by atoms with van der Waals surface area (Å²) < 4.78 is 36.0. The van der Waals surface area contributed by atoms with Gasteiger partial charge in [0.05, 0.1) is 0 Å². The Balaban J connectivity index is 4.86. The quantitative estimate of drug-likeness (QED) is 0.537. The maximum absolute atomic E-state index is 12.0. The molecule has 78 valence electrons. The highest BCUT2D eigenvalue weighted by Gasteiger charge is 2.39. The molecule has 0 heterocycles. The second kappa shape index (κ2) is 5.70. The number of thioether (sulfide) groups is 1. The summed E-state index contributed by atoms with van der Waals surface area (Å²) >= 11 is 1.21. The number of carbonyl (C=O) groups excluding carboxylic acids is 1. The van der Waals surface area contributed by atoms with Crippen LogP contribution in [0.25, 0.3) is 0 Å². The van der Waals surface area contributed by atoms with Gasteiger partial charge in [0.2, 0.25) is 0 Å². The van der Waals surface area contributed by atoms with Crippen LogP contribution in [0.2, 0.25) is 0 Å². The first-order valence-electron chi connectivity index (χ1n) is 3.57. The monoisotopic (exact) mass is 222 g/mol. The third-order valence-corrected chi connectivity index (χ3v) is 1.61. The first kappa shape index (κ1) is 13.0. The molecule has 0 rings (SSSR count). The van der Waals surface area contributed by atoms with Crippen LogP contribution in [0.5, 0.6) is 0 Å². The van der Waals surface area contributed by atoms with Crippen LogP contribution < -0.4 is 0 Å². The average molecular weight is 222 g/mol. The maximum Gasteiger partial charge on any atom is 0.454 e. The maximum atomic E-state index is 12.0. The van der Waals surface area contributed by atoms with E-state index in [0.29, 0.717) is 0 Å². The number of Topliss-reactive ketones (excluding diaryl/α,β-unsaturated/α-hetero) is 1. The zero-order valence-electron chi connectivity index (χ0n) is 7.47. The summed E-state index contributed by atoms with van der Waals surface area (Å²) in [5, 5.41) is 1.40. The van der Waals surface area contributed by atoms with Gasteiger partial charge in [-0.25, -0.2) is 0 Å². The lowest BCUT2D eigenvalue weighted by Gasteiger charge is -2.04. The Morgan fingerprint density at radius 1 is 1.43 bits per heavy atom. The molecule has 0 aromatic heterocycles. The van der Waals surface area contributed by atoms with Crippen molar-refractivity contribution >= 4 is 17.5 Å². The van der Waals surface area contributed by atoms with Gasteiger partial charge in [-0.05, 0) is 17.7 Å². The molecule has 0 aliphatic heterocycles. The molecule has 0 spiro atoms. The minimum atomic E-state index is -4.84. The van der Waals surface area contributed by atoms with Gasteiger partial charge in [0.1, 0.15) is 0 Å². The third-order valence-electron chi connectivity index (χ3n) is 1.20. The zero-order valence-corrected chi connectivity index (χ0v) is 8.28. The van der Waals surface area contributed by atoms with Gasteiger partial charge in [0.25, 0.3) is 5.78 Å². The van der Waals surface area contributed by atoms with Crippen LogP contribution in [0.15, 0.2) is 35.8 Å². The molecule has 1 nitrogen and oxygen atoms in total. The Kier molecular flexibility index (Phi) is 5.30. The van der Waals surface area contributed by atoms with Gasteiger partial charge in [-0.2, -0.15) is 13.2 Å². The number of hydrogen-bond acceptors (Lipinski definition) is 2. The van der Waals surface area contributed by atoms with Crippen LogP contribution in [0.4, 0.5) is 13.2 Å². The van der Waals surface area contributed by atoms with Crippen molar-refractivity contribution in [2.75, 3.05) is 6.26 Å². The third kappa shape index (κ3) is 4.32. The van der Waals surface area contributed by atoms with E-state index in [1.54, 1.807) is 6.26 Å². The number of allylic oxidation sites excluding steroid dienone is 4. The minimum Gasteiger partial charge on any atom is -0.284 e. The second-order valence-electron chi connectivity index (χ2n) is 2.22. The number of hydrogen-bond donors (Lipinski definition) is 0. The summed E-state index contributed by atoms with van der Waals surface area (Å²) in [5.74, 6) is -1.86. The molecule has 0 saturated heterocycles. The molecule has 0 amide bonds. The molecular formula is C9H9F3OS. The summed E-state index contributed by atoms with van der Waals surface area (Å²) in [4.78, 5) is 10.8. The summed E-state index contributed by atoms with van der Waals surface area (Å²) in [7, 11) is 0. The van der Waals surface area contributed by atoms with Crippen molar-refractivity contribution in [3.63, 3.8) is 0 Å². The molecule has 0 N–H and O–H groups in total. The Hall–Kier alpha value is -0.970. The number of alkyl halides is 3. The molecule has 0 aliphatic carbocycles. The van der Waals surface area contributed by atoms with E-state index in [0.717, 1.165) is 18.2 Å². The fraction of sp³-hybridized carbons (Fsp3) is 0.222. The van der Waals surface area contributed by atoms with Crippen molar-refractivity contribution in [3.05, 3.63) is 35.8 Å². The van der Waals surface area contributed by atoms with E-state index < -0.39 is 17.5 Å². The Morgan fingerprint density at radius 2 is 2.00 bits per heavy atom. The molecule has 0 atom stereocenters. The highest BCUT2D eigenvalue weighted by atomic mass is 32.2. The van der Waals surface area contributed by atoms with Crippen LogP contribution in [0.3, 0.4) is 0 Å². The van der Waals surface area contributed by atoms with E-state index in [2.05, 4.69) is 6.58 Å². The topological polar surface area (TPSA) is 17.1 Å². The first-order valence-corrected chi connectivity index (χ1v) is 4.86. The van der Waals surface area contributed by atoms with E-state index in [1.165, 1.54) is 17.2 Å². The van der Waals surface area contributed by atoms with Gasteiger partial charge in [-0.3, -0.25) is 4.79 Å². The number of carbonyl (C=O) groups is 1. The molecule has 5 heteroatoms. The molecule has 0 aliphatic rings. The van der Waals surface area contributed by atoms with Gasteiger partial charge in [-0.15, -0.1) is 11.8 Å². The van der Waals surface area contributed by atoms with E-state index in [1.807, 2.05) is 0 Å². The molecular weight excluding hydrogens is 213 g/mol. The SMILES string of the molecule is C=C/C=C(\C=C/SC)C(=O)C(F)(F)F. The normalized spacial score (nSPS) is 13.3. The summed E-state index contributed by atoms with van der Waals surface area (Å²) in [6.07, 6.45) is 0.131. The average Bonchev–Trinajstić information content (AvgIpc) is 2.09. The van der Waals surface area contributed by atoms with Gasteiger partial charge in [-0.1, -0.05) is 18.7 Å². The summed E-state index contributed by atoms with van der Waals surface area (Å²) in [5.41, 5.74) is -0.415. The van der Waals surface area contributed by atoms with Crippen molar-refractivity contribution < 1.29 is 18.0 Å². The Labute approximate surface area is 84.4 Å². The summed E-state index contributed by atoms with van der Waals surface area (Å²) in [6.45, 7) is 3.24. The van der Waals surface area contributed by atoms with Crippen LogP contribution in [0, 0.1) is 0 Å². The highest BCUT2D eigenvalue weighted by Crippen LogP contribution is 2.21. The molecule has 0 aromatic carbocycles. The largest absolute Gasteiger partial charge is 0.454 e. The summed E-state index contributed by atoms with van der Waals surface area (Å²) in [6, 6.07) is 0. The van der Waals surface area contributed by atoms with Crippen molar-refractivity contribution in [2.24, 2.45) is 0 Å². The fourth-order valence-corrected chi connectivity index (χ4v) is 0.922. The lowest BCUT2D eigenvalue weighted by atomic mass is 10.1. The lowest BCUT2D eigenvalue weighted by Crippen LogP contribution is -2.23. The smallest absolute Gasteiger partial charge is 0.284 e. The number of halogens is 3. The van der Waals surface area contributed by atoms with E-state index in [-0.39, 0.29) is 0 Å². The van der Waals surface area contributed by atoms with Gasteiger partial charge < -0.3 is 0 Å². The molecule has 14 heavy (non-hydrogen) atoms. The molecule has 0 unspecified atom stereocenters. The van der Waals surface area contributed by atoms with Crippen molar-refractivity contribution in [1.82, 2.24) is 0 Å². The highest BCUT2D eigenvalue weighted by molar-refractivity contribution is 8.01. The standard InChI is InChI=1S/C9H9F3OS/c1-3-4-7(5-6-14-2)8(13)9(10,11)12/h3-6H,1H2,2H3/b6-5-,7-4+. The molecule has 0 saturated carbocycles. The van der Waals surface area contributed by atoms with Gasteiger partial charge in [0, 0.05) is 5.57 Å². The molecule has 0 fully saturated rings. The Morgan fingerprint density at radius 3 is 2.36 bits per heavy atom. The van der Waals surface area contributed by atoms with E-state index >= 15 is 0 Å². The van der Waals surface area contributed by atoms with Crippen LogP contribution in [0.1, 0.15) is 0 Å². The molecule has 0 radical (unpaired) electrons. The fourth-order valence-electron chi connectivity index (χ4n) is 0.639. The molecule has 0 aromatic rings. The Bertz CT molecular complexity index is 276. The first-order chi connectivity index (χ1) is 6.43. The van der Waals surface area contributed by atoms with E-state index in [9.17, 15) is 18.0 Å². The molecule has 0 bridgehead atoms. The van der Waals surface area contributed by atoms with Gasteiger partial charge >= 0.3 is 6.18 Å². The van der Waals surface area contributed by atoms with Gasteiger partial charge in [0.15, 0.2) is 0 Å².